The molecular weight excluding hydrogens is 495 g/mol. The van der Waals surface area contributed by atoms with E-state index in [1.807, 2.05) is 11.3 Å². The Labute approximate surface area is 192 Å². The molecule has 146 valence electrons. The molecule has 2 aromatic carbocycles. The molecule has 0 fully saturated rings. The van der Waals surface area contributed by atoms with E-state index >= 15 is 0 Å². The lowest BCUT2D eigenvalue weighted by molar-refractivity contribution is -0.669. The summed E-state index contributed by atoms with van der Waals surface area (Å²) >= 11 is 3.69. The predicted molar refractivity (Wildman–Crippen MR) is 119 cm³/mol. The third-order valence-corrected chi connectivity index (χ3v) is 6.80. The zero-order valence-electron chi connectivity index (χ0n) is 16.2. The summed E-state index contributed by atoms with van der Waals surface area (Å²) in [5, 5.41) is 5.99. The van der Waals surface area contributed by atoms with Gasteiger partial charge in [-0.15, -0.1) is 0 Å². The number of thioether (sulfide) groups is 1. The van der Waals surface area contributed by atoms with Crippen LogP contribution in [0.5, 0.6) is 0 Å². The van der Waals surface area contributed by atoms with Gasteiger partial charge in [0, 0.05) is 23.0 Å². The van der Waals surface area contributed by atoms with Gasteiger partial charge < -0.3 is 29.3 Å². The van der Waals surface area contributed by atoms with Crippen molar-refractivity contribution < 1.29 is 28.5 Å². The quantitative estimate of drug-likeness (QED) is 0.395. The van der Waals surface area contributed by atoms with Crippen molar-refractivity contribution in [2.75, 3.05) is 5.32 Å². The van der Waals surface area contributed by atoms with Gasteiger partial charge in [-0.3, -0.25) is 0 Å². The SMILES string of the molecule is CCCc1cccc2sc(C=CC=C3Nc4ccccc4S3)[n+](CCC)c12.[I-]. The summed E-state index contributed by atoms with van der Waals surface area (Å²) in [7, 11) is 0. The smallest absolute Gasteiger partial charge is 0.262 e. The third-order valence-electron chi connectivity index (χ3n) is 4.65. The standard InChI is InChI=1S/C23H24N2S2.HI/c1-3-9-17-10-7-13-20-23(17)25(16-4-2)22(27-20)15-8-14-21-24-18-11-5-6-12-19(18)26-21;/h5-8,10-15H,3-4,9,16H2,1-2H3;1H. The Kier molecular flexibility index (Phi) is 7.60. The van der Waals surface area contributed by atoms with Gasteiger partial charge in [-0.1, -0.05) is 73.7 Å². The van der Waals surface area contributed by atoms with Crippen molar-refractivity contribution >= 4 is 45.1 Å². The minimum absolute atomic E-state index is 0. The number of nitrogens with zero attached hydrogens (tertiary/aromatic N) is 1. The average Bonchev–Trinajstić information content (AvgIpc) is 3.24. The molecule has 4 rings (SSSR count). The number of hydrogen-bond donors (Lipinski definition) is 1. The molecule has 0 saturated carbocycles. The van der Waals surface area contributed by atoms with Crippen LogP contribution in [-0.2, 0) is 13.0 Å². The second-order valence-corrected chi connectivity index (χ2v) is 8.87. The molecule has 1 aliphatic rings. The molecule has 0 radical (unpaired) electrons. The highest BCUT2D eigenvalue weighted by atomic mass is 127. The van der Waals surface area contributed by atoms with Gasteiger partial charge in [0.15, 0.2) is 0 Å². The summed E-state index contributed by atoms with van der Waals surface area (Å²) < 4.78 is 3.90. The van der Waals surface area contributed by atoms with Crippen LogP contribution in [0.3, 0.4) is 0 Å². The number of halogens is 1. The van der Waals surface area contributed by atoms with Gasteiger partial charge in [-0.2, -0.15) is 4.57 Å². The molecule has 0 amide bonds. The lowest BCUT2D eigenvalue weighted by Gasteiger charge is -2.00. The lowest BCUT2D eigenvalue weighted by atomic mass is 10.1. The normalized spacial score (nSPS) is 14.4. The summed E-state index contributed by atoms with van der Waals surface area (Å²) in [6.45, 7) is 5.58. The molecule has 1 N–H and O–H groups in total. The van der Waals surface area contributed by atoms with Crippen molar-refractivity contribution in [2.24, 2.45) is 0 Å². The van der Waals surface area contributed by atoms with Crippen LogP contribution in [0, 0.1) is 0 Å². The minimum atomic E-state index is 0. The summed E-state index contributed by atoms with van der Waals surface area (Å²) in [4.78, 5) is 1.30. The molecule has 2 nitrogen and oxygen atoms in total. The largest absolute Gasteiger partial charge is 1.00 e. The van der Waals surface area contributed by atoms with E-state index in [0.29, 0.717) is 0 Å². The number of hydrogen-bond acceptors (Lipinski definition) is 3. The third kappa shape index (κ3) is 4.47. The number of para-hydroxylation sites is 2. The Bertz CT molecular complexity index is 994. The van der Waals surface area contributed by atoms with Crippen LogP contribution >= 0.6 is 23.1 Å². The molecule has 0 atom stereocenters. The first-order chi connectivity index (χ1) is 13.3. The molecule has 28 heavy (non-hydrogen) atoms. The van der Waals surface area contributed by atoms with Gasteiger partial charge in [-0.25, -0.2) is 0 Å². The number of aryl methyl sites for hydroxylation is 2. The monoisotopic (exact) mass is 520 g/mol. The molecule has 0 saturated heterocycles. The molecule has 0 spiro atoms. The molecule has 3 aromatic rings. The van der Waals surface area contributed by atoms with Gasteiger partial charge in [0.1, 0.15) is 11.2 Å². The van der Waals surface area contributed by atoms with Crippen molar-refractivity contribution in [1.29, 1.82) is 0 Å². The average molecular weight is 521 g/mol. The fourth-order valence-electron chi connectivity index (χ4n) is 3.50. The molecule has 5 heteroatoms. The van der Waals surface area contributed by atoms with E-state index in [1.54, 1.807) is 11.8 Å². The molecule has 1 aromatic heterocycles. The van der Waals surface area contributed by atoms with E-state index in [4.69, 9.17) is 0 Å². The van der Waals surface area contributed by atoms with Crippen LogP contribution in [0.4, 0.5) is 5.69 Å². The highest BCUT2D eigenvalue weighted by Gasteiger charge is 2.20. The van der Waals surface area contributed by atoms with Crippen molar-refractivity contribution in [3.8, 4) is 0 Å². The van der Waals surface area contributed by atoms with Crippen LogP contribution in [0.15, 0.2) is 64.5 Å². The zero-order chi connectivity index (χ0) is 18.6. The van der Waals surface area contributed by atoms with Crippen molar-refractivity contribution in [3.05, 3.63) is 70.2 Å². The maximum atomic E-state index is 3.48. The maximum Gasteiger partial charge on any atom is 0.262 e. The van der Waals surface area contributed by atoms with Gasteiger partial charge in [-0.05, 0) is 30.7 Å². The number of rotatable bonds is 6. The summed E-state index contributed by atoms with van der Waals surface area (Å²) in [6, 6.07) is 15.2. The predicted octanol–water partition coefficient (Wildman–Crippen LogP) is 3.63. The molecule has 2 heterocycles. The summed E-state index contributed by atoms with van der Waals surface area (Å²) in [6.07, 6.45) is 10.1. The fraction of sp³-hybridized carbons (Fsp3) is 0.261. The van der Waals surface area contributed by atoms with Crippen molar-refractivity contribution in [3.63, 3.8) is 0 Å². The van der Waals surface area contributed by atoms with E-state index in [1.165, 1.54) is 42.8 Å². The second kappa shape index (κ2) is 9.94. The number of aromatic nitrogens is 1. The lowest BCUT2D eigenvalue weighted by Crippen LogP contribution is -3.00. The maximum absolute atomic E-state index is 3.48. The number of anilines is 1. The number of thiazole rings is 1. The van der Waals surface area contributed by atoms with Gasteiger partial charge >= 0.3 is 0 Å². The van der Waals surface area contributed by atoms with Gasteiger partial charge in [0.2, 0.25) is 5.52 Å². The summed E-state index contributed by atoms with van der Waals surface area (Å²) in [5.41, 5.74) is 4.11. The number of allylic oxidation sites excluding steroid dienone is 2. The Morgan fingerprint density at radius 3 is 2.68 bits per heavy atom. The van der Waals surface area contributed by atoms with E-state index in [2.05, 4.69) is 84.4 Å². The topological polar surface area (TPSA) is 15.9 Å². The number of fused-ring (bicyclic) bond motifs is 2. The molecule has 0 unspecified atom stereocenters. The first-order valence-corrected chi connectivity index (χ1v) is 11.3. The Hall–Kier alpha value is -1.31. The first kappa shape index (κ1) is 21.4. The zero-order valence-corrected chi connectivity index (χ0v) is 20.0. The highest BCUT2D eigenvalue weighted by molar-refractivity contribution is 8.03. The van der Waals surface area contributed by atoms with Gasteiger partial charge in [0.25, 0.3) is 5.01 Å². The first-order valence-electron chi connectivity index (χ1n) is 9.66. The van der Waals surface area contributed by atoms with E-state index in [0.717, 1.165) is 19.4 Å². The Morgan fingerprint density at radius 1 is 1.04 bits per heavy atom. The summed E-state index contributed by atoms with van der Waals surface area (Å²) in [5.74, 6) is 0. The van der Waals surface area contributed by atoms with Crippen molar-refractivity contribution in [2.45, 2.75) is 44.6 Å². The van der Waals surface area contributed by atoms with Crippen LogP contribution in [-0.4, -0.2) is 0 Å². The number of nitrogens with one attached hydrogen (secondary N) is 1. The molecular formula is C23H25IN2S2. The molecule has 0 bridgehead atoms. The minimum Gasteiger partial charge on any atom is -1.00 e. The Balaban J connectivity index is 0.00000225. The van der Waals surface area contributed by atoms with Gasteiger partial charge in [0.05, 0.1) is 10.7 Å². The van der Waals surface area contributed by atoms with Crippen molar-refractivity contribution in [1.82, 2.24) is 0 Å². The van der Waals surface area contributed by atoms with Crippen LogP contribution in [0.25, 0.3) is 16.3 Å². The highest BCUT2D eigenvalue weighted by Crippen LogP contribution is 2.40. The second-order valence-electron chi connectivity index (χ2n) is 6.72. The fourth-order valence-corrected chi connectivity index (χ4v) is 5.57. The van der Waals surface area contributed by atoms with E-state index in [-0.39, 0.29) is 24.0 Å². The van der Waals surface area contributed by atoms with E-state index in [9.17, 15) is 0 Å². The van der Waals surface area contributed by atoms with Crippen LogP contribution in [0.2, 0.25) is 0 Å². The van der Waals surface area contributed by atoms with Crippen LogP contribution < -0.4 is 33.9 Å². The molecule has 0 aliphatic carbocycles. The Morgan fingerprint density at radius 2 is 1.89 bits per heavy atom. The number of benzene rings is 2. The van der Waals surface area contributed by atoms with Crippen LogP contribution in [0.1, 0.15) is 37.3 Å². The van der Waals surface area contributed by atoms with E-state index < -0.39 is 0 Å². The molecule has 1 aliphatic heterocycles.